The average molecular weight is 203 g/mol. The van der Waals surface area contributed by atoms with Crippen LogP contribution in [0, 0.1) is 0 Å². The van der Waals surface area contributed by atoms with E-state index in [1.54, 1.807) is 12.1 Å². The van der Waals surface area contributed by atoms with Gasteiger partial charge in [0.25, 0.3) is 0 Å². The molecule has 1 aromatic carbocycles. The second kappa shape index (κ2) is 4.48. The van der Waals surface area contributed by atoms with Crippen LogP contribution in [0.15, 0.2) is 18.2 Å². The van der Waals surface area contributed by atoms with Gasteiger partial charge in [0.05, 0.1) is 0 Å². The van der Waals surface area contributed by atoms with Gasteiger partial charge in [0.1, 0.15) is 6.29 Å². The first-order chi connectivity index (χ1) is 5.83. The van der Waals surface area contributed by atoms with E-state index in [9.17, 15) is 4.79 Å². The van der Waals surface area contributed by atoms with Crippen LogP contribution in [0.2, 0.25) is 0 Å². The number of rotatable bonds is 3. The zero-order valence-electron chi connectivity index (χ0n) is 6.39. The number of carbonyl (C=O) groups excluding carboxylic acids is 1. The molecule has 1 nitrogen and oxygen atoms in total. The van der Waals surface area contributed by atoms with Crippen LogP contribution in [-0.2, 0) is 11.8 Å². The number of hydrogen-bond acceptors (Lipinski definition) is 1. The van der Waals surface area contributed by atoms with E-state index in [-0.39, 0.29) is 0 Å². The lowest BCUT2D eigenvalue weighted by Gasteiger charge is -2.05. The number of benzene rings is 1. The summed E-state index contributed by atoms with van der Waals surface area (Å²) in [6, 6.07) is 5.41. The van der Waals surface area contributed by atoms with Crippen LogP contribution >= 0.6 is 23.2 Å². The second-order valence-corrected chi connectivity index (χ2v) is 2.90. The van der Waals surface area contributed by atoms with E-state index >= 15 is 0 Å². The molecular formula is C9H8Cl2O. The van der Waals surface area contributed by atoms with Crippen LogP contribution in [0.5, 0.6) is 0 Å². The lowest BCUT2D eigenvalue weighted by Crippen LogP contribution is -1.94. The van der Waals surface area contributed by atoms with Crippen molar-refractivity contribution in [3.63, 3.8) is 0 Å². The van der Waals surface area contributed by atoms with Gasteiger partial charge in [-0.3, -0.25) is 4.79 Å². The number of carbonyl (C=O) groups is 1. The van der Waals surface area contributed by atoms with E-state index in [0.29, 0.717) is 17.3 Å². The first kappa shape index (κ1) is 9.56. The molecule has 0 bridgehead atoms. The van der Waals surface area contributed by atoms with E-state index < -0.39 is 0 Å². The van der Waals surface area contributed by atoms with Crippen LogP contribution in [0.3, 0.4) is 0 Å². The predicted octanol–water partition coefficient (Wildman–Crippen LogP) is 2.98. The molecular weight excluding hydrogens is 195 g/mol. The van der Waals surface area contributed by atoms with Crippen molar-refractivity contribution in [1.82, 2.24) is 0 Å². The predicted molar refractivity (Wildman–Crippen MR) is 50.9 cm³/mol. The van der Waals surface area contributed by atoms with Crippen molar-refractivity contribution < 1.29 is 4.79 Å². The number of alkyl halides is 2. The third-order valence-electron chi connectivity index (χ3n) is 1.71. The third-order valence-corrected chi connectivity index (χ3v) is 2.27. The second-order valence-electron chi connectivity index (χ2n) is 2.37. The first-order valence-corrected chi connectivity index (χ1v) is 4.58. The highest BCUT2D eigenvalue weighted by Crippen LogP contribution is 2.17. The quantitative estimate of drug-likeness (QED) is 0.545. The average Bonchev–Trinajstić information content (AvgIpc) is 2.16. The molecule has 0 aliphatic carbocycles. The first-order valence-electron chi connectivity index (χ1n) is 3.51. The molecule has 0 heterocycles. The lowest BCUT2D eigenvalue weighted by atomic mass is 10.0. The normalized spacial score (nSPS) is 9.83. The summed E-state index contributed by atoms with van der Waals surface area (Å²) in [5, 5.41) is 0. The van der Waals surface area contributed by atoms with Gasteiger partial charge in [-0.15, -0.1) is 23.2 Å². The van der Waals surface area contributed by atoms with Crippen molar-refractivity contribution in [1.29, 1.82) is 0 Å². The molecule has 3 heteroatoms. The van der Waals surface area contributed by atoms with Gasteiger partial charge < -0.3 is 0 Å². The molecule has 0 N–H and O–H groups in total. The minimum absolute atomic E-state index is 0.330. The van der Waals surface area contributed by atoms with Crippen molar-refractivity contribution in [3.8, 4) is 0 Å². The zero-order chi connectivity index (χ0) is 8.97. The van der Waals surface area contributed by atoms with Gasteiger partial charge in [-0.25, -0.2) is 0 Å². The summed E-state index contributed by atoms with van der Waals surface area (Å²) < 4.78 is 0. The molecule has 0 radical (unpaired) electrons. The highest BCUT2D eigenvalue weighted by atomic mass is 35.5. The van der Waals surface area contributed by atoms with Crippen molar-refractivity contribution in [2.75, 3.05) is 0 Å². The number of hydrogen-bond donors (Lipinski definition) is 0. The van der Waals surface area contributed by atoms with Gasteiger partial charge in [0.2, 0.25) is 0 Å². The topological polar surface area (TPSA) is 17.1 Å². The summed E-state index contributed by atoms with van der Waals surface area (Å²) in [6.07, 6.45) is 0.799. The molecule has 0 aliphatic heterocycles. The van der Waals surface area contributed by atoms with Crippen LogP contribution in [-0.4, -0.2) is 6.29 Å². The largest absolute Gasteiger partial charge is 0.298 e. The fourth-order valence-corrected chi connectivity index (χ4v) is 1.63. The molecule has 0 aromatic heterocycles. The van der Waals surface area contributed by atoms with Crippen molar-refractivity contribution in [2.45, 2.75) is 11.8 Å². The molecule has 1 rings (SSSR count). The Hall–Kier alpha value is -0.530. The van der Waals surface area contributed by atoms with Gasteiger partial charge >= 0.3 is 0 Å². The Morgan fingerprint density at radius 3 is 2.50 bits per heavy atom. The summed E-state index contributed by atoms with van der Waals surface area (Å²) >= 11 is 11.3. The van der Waals surface area contributed by atoms with Gasteiger partial charge in [-0.1, -0.05) is 18.2 Å². The fraction of sp³-hybridized carbons (Fsp3) is 0.222. The van der Waals surface area contributed by atoms with Gasteiger partial charge in [-0.05, 0) is 11.1 Å². The molecule has 0 amide bonds. The lowest BCUT2D eigenvalue weighted by molar-refractivity contribution is 0.112. The highest BCUT2D eigenvalue weighted by Gasteiger charge is 2.04. The van der Waals surface area contributed by atoms with Gasteiger partial charge in [-0.2, -0.15) is 0 Å². The maximum atomic E-state index is 10.6. The van der Waals surface area contributed by atoms with Crippen LogP contribution in [0.1, 0.15) is 21.5 Å². The van der Waals surface area contributed by atoms with Gasteiger partial charge in [0.15, 0.2) is 0 Å². The van der Waals surface area contributed by atoms with Crippen molar-refractivity contribution in [2.24, 2.45) is 0 Å². The van der Waals surface area contributed by atoms with Crippen LogP contribution in [0.25, 0.3) is 0 Å². The molecule has 12 heavy (non-hydrogen) atoms. The highest BCUT2D eigenvalue weighted by molar-refractivity contribution is 6.19. The third kappa shape index (κ3) is 1.79. The summed E-state index contributed by atoms with van der Waals surface area (Å²) in [6.45, 7) is 0. The maximum absolute atomic E-state index is 10.6. The number of halogens is 2. The molecule has 1 aromatic rings. The molecule has 0 saturated heterocycles. The smallest absolute Gasteiger partial charge is 0.150 e. The summed E-state index contributed by atoms with van der Waals surface area (Å²) in [7, 11) is 0. The maximum Gasteiger partial charge on any atom is 0.150 e. The van der Waals surface area contributed by atoms with E-state index in [4.69, 9.17) is 23.2 Å². The Kier molecular flexibility index (Phi) is 3.57. The molecule has 0 saturated carbocycles. The molecule has 0 atom stereocenters. The van der Waals surface area contributed by atoms with Crippen molar-refractivity contribution in [3.05, 3.63) is 34.9 Å². The number of aldehydes is 1. The zero-order valence-corrected chi connectivity index (χ0v) is 7.90. The Morgan fingerprint density at radius 1 is 1.25 bits per heavy atom. The molecule has 0 fully saturated rings. The molecule has 0 unspecified atom stereocenters. The minimum atomic E-state index is 0.330. The van der Waals surface area contributed by atoms with E-state index in [1.165, 1.54) is 0 Å². The Bertz CT molecular complexity index is 284. The summed E-state index contributed by atoms with van der Waals surface area (Å²) in [5.74, 6) is 0.723. The minimum Gasteiger partial charge on any atom is -0.298 e. The van der Waals surface area contributed by atoms with Crippen molar-refractivity contribution >= 4 is 29.5 Å². The van der Waals surface area contributed by atoms with Crippen LogP contribution in [0.4, 0.5) is 0 Å². The molecule has 64 valence electrons. The fourth-order valence-electron chi connectivity index (χ4n) is 1.05. The van der Waals surface area contributed by atoms with E-state index in [1.807, 2.05) is 6.07 Å². The standard InChI is InChI=1S/C9H8Cl2O/c10-4-7-2-1-3-8(6-12)9(7)5-11/h1-3,6H,4-5H2. The van der Waals surface area contributed by atoms with Crippen LogP contribution < -0.4 is 0 Å². The summed E-state index contributed by atoms with van der Waals surface area (Å²) in [4.78, 5) is 10.6. The van der Waals surface area contributed by atoms with E-state index in [2.05, 4.69) is 0 Å². The molecule has 0 spiro atoms. The monoisotopic (exact) mass is 202 g/mol. The molecule has 0 aliphatic rings. The Morgan fingerprint density at radius 2 is 2.00 bits per heavy atom. The van der Waals surface area contributed by atoms with Gasteiger partial charge in [0, 0.05) is 17.3 Å². The summed E-state index contributed by atoms with van der Waals surface area (Å²) in [5.41, 5.74) is 2.39. The SMILES string of the molecule is O=Cc1cccc(CCl)c1CCl. The Labute approximate surface area is 81.3 Å². The van der Waals surface area contributed by atoms with E-state index in [0.717, 1.165) is 17.4 Å². The Balaban J connectivity index is 3.21.